The zero-order valence-corrected chi connectivity index (χ0v) is 18.5. The van der Waals surface area contributed by atoms with Crippen molar-refractivity contribution in [1.29, 1.82) is 0 Å². The molecule has 2 aromatic rings. The van der Waals surface area contributed by atoms with Crippen molar-refractivity contribution in [2.75, 3.05) is 39.2 Å². The highest BCUT2D eigenvalue weighted by molar-refractivity contribution is 6.39. The number of hydrazone groups is 1. The third kappa shape index (κ3) is 6.70. The van der Waals surface area contributed by atoms with E-state index < -0.39 is 11.8 Å². The average molecular weight is 454 g/mol. The quantitative estimate of drug-likeness (QED) is 0.357. The van der Waals surface area contributed by atoms with Crippen LogP contribution in [0.5, 0.6) is 17.2 Å². The number of nitrogens with zero attached hydrogens (tertiary/aromatic N) is 2. The van der Waals surface area contributed by atoms with E-state index in [1.807, 2.05) is 0 Å². The van der Waals surface area contributed by atoms with Gasteiger partial charge in [0.05, 0.1) is 20.4 Å². The molecule has 3 rings (SSSR count). The molecule has 1 aliphatic rings. The van der Waals surface area contributed by atoms with Gasteiger partial charge in [-0.25, -0.2) is 5.43 Å². The smallest absolute Gasteiger partial charge is 0.329 e. The minimum absolute atomic E-state index is 0.0594. The molecule has 1 aliphatic heterocycles. The molecule has 0 spiro atoms. The number of carbonyl (C=O) groups excluding carboxylic acids is 3. The Balaban J connectivity index is 1.51. The van der Waals surface area contributed by atoms with Gasteiger partial charge in [-0.15, -0.1) is 0 Å². The zero-order chi connectivity index (χ0) is 23.6. The summed E-state index contributed by atoms with van der Waals surface area (Å²) in [4.78, 5) is 37.9. The number of hydrogen-bond donors (Lipinski definition) is 2. The lowest BCUT2D eigenvalue weighted by molar-refractivity contribution is -0.136. The Hall–Kier alpha value is -4.08. The Kier molecular flexibility index (Phi) is 8.23. The van der Waals surface area contributed by atoms with E-state index in [-0.39, 0.29) is 12.5 Å². The monoisotopic (exact) mass is 454 g/mol. The number of ether oxygens (including phenoxy) is 3. The number of methoxy groups -OCH3 is 2. The Labute approximate surface area is 191 Å². The van der Waals surface area contributed by atoms with Crippen molar-refractivity contribution in [2.45, 2.75) is 12.8 Å². The number of carbonyl (C=O) groups is 3. The molecule has 10 heteroatoms. The second-order valence-corrected chi connectivity index (χ2v) is 7.17. The van der Waals surface area contributed by atoms with E-state index in [1.54, 1.807) is 47.4 Å². The number of benzene rings is 2. The summed E-state index contributed by atoms with van der Waals surface area (Å²) in [7, 11) is 3.02. The molecule has 33 heavy (non-hydrogen) atoms. The summed E-state index contributed by atoms with van der Waals surface area (Å²) < 4.78 is 16.0. The van der Waals surface area contributed by atoms with Gasteiger partial charge in [0.25, 0.3) is 5.91 Å². The number of likely N-dealkylation sites (tertiary alicyclic amines) is 1. The zero-order valence-electron chi connectivity index (χ0n) is 18.5. The van der Waals surface area contributed by atoms with Crippen LogP contribution >= 0.6 is 0 Å². The summed E-state index contributed by atoms with van der Waals surface area (Å²) in [6, 6.07) is 11.5. The van der Waals surface area contributed by atoms with Gasteiger partial charge >= 0.3 is 11.8 Å². The van der Waals surface area contributed by atoms with E-state index in [0.29, 0.717) is 28.5 Å². The second kappa shape index (κ2) is 11.5. The van der Waals surface area contributed by atoms with Gasteiger partial charge in [0.15, 0.2) is 18.1 Å². The molecule has 174 valence electrons. The molecular weight excluding hydrogens is 428 g/mol. The van der Waals surface area contributed by atoms with Crippen LogP contribution < -0.4 is 25.0 Å². The maximum absolute atomic E-state index is 12.2. The predicted molar refractivity (Wildman–Crippen MR) is 122 cm³/mol. The standard InChI is InChI=1S/C23H26N4O6/c1-31-18-8-6-17(7-9-18)25-22(29)23(30)26-24-14-16-5-10-19(20(13-16)32-2)33-15-21(28)27-11-3-4-12-27/h5-10,13-14H,3-4,11-12,15H2,1-2H3,(H,25,29)(H,26,30)/b24-14-. The third-order valence-electron chi connectivity index (χ3n) is 4.93. The molecule has 0 unspecified atom stereocenters. The van der Waals surface area contributed by atoms with Gasteiger partial charge in [-0.05, 0) is 60.9 Å². The molecule has 0 saturated carbocycles. The van der Waals surface area contributed by atoms with Crippen molar-refractivity contribution in [2.24, 2.45) is 5.10 Å². The van der Waals surface area contributed by atoms with Crippen molar-refractivity contribution >= 4 is 29.6 Å². The first-order valence-electron chi connectivity index (χ1n) is 10.4. The highest BCUT2D eigenvalue weighted by Crippen LogP contribution is 2.27. The number of rotatable bonds is 8. The van der Waals surface area contributed by atoms with Crippen LogP contribution in [0.2, 0.25) is 0 Å². The summed E-state index contributed by atoms with van der Waals surface area (Å²) in [5, 5.41) is 6.26. The molecule has 2 N–H and O–H groups in total. The van der Waals surface area contributed by atoms with Crippen molar-refractivity contribution in [3.8, 4) is 17.2 Å². The van der Waals surface area contributed by atoms with E-state index in [9.17, 15) is 14.4 Å². The van der Waals surface area contributed by atoms with Crippen LogP contribution in [-0.4, -0.2) is 62.8 Å². The van der Waals surface area contributed by atoms with E-state index in [0.717, 1.165) is 25.9 Å². The van der Waals surface area contributed by atoms with Crippen LogP contribution in [0.1, 0.15) is 18.4 Å². The van der Waals surface area contributed by atoms with E-state index in [4.69, 9.17) is 14.2 Å². The van der Waals surface area contributed by atoms with E-state index in [2.05, 4.69) is 15.8 Å². The summed E-state index contributed by atoms with van der Waals surface area (Å²) >= 11 is 0. The Morgan fingerprint density at radius 2 is 1.70 bits per heavy atom. The molecule has 0 aromatic heterocycles. The molecule has 0 bridgehead atoms. The lowest BCUT2D eigenvalue weighted by atomic mass is 10.2. The van der Waals surface area contributed by atoms with Crippen molar-refractivity contribution in [3.05, 3.63) is 48.0 Å². The molecule has 0 aliphatic carbocycles. The molecule has 1 fully saturated rings. The van der Waals surface area contributed by atoms with Crippen LogP contribution in [0, 0.1) is 0 Å². The molecule has 3 amide bonds. The molecular formula is C23H26N4O6. The number of hydrogen-bond acceptors (Lipinski definition) is 7. The topological polar surface area (TPSA) is 119 Å². The number of nitrogens with one attached hydrogen (secondary N) is 2. The first-order valence-corrected chi connectivity index (χ1v) is 10.4. The van der Waals surface area contributed by atoms with Crippen LogP contribution in [-0.2, 0) is 14.4 Å². The van der Waals surface area contributed by atoms with Gasteiger partial charge in [-0.2, -0.15) is 5.10 Å². The van der Waals surface area contributed by atoms with Crippen LogP contribution in [0.15, 0.2) is 47.6 Å². The fraction of sp³-hybridized carbons (Fsp3) is 0.304. The van der Waals surface area contributed by atoms with Gasteiger partial charge in [0, 0.05) is 18.8 Å². The van der Waals surface area contributed by atoms with Crippen molar-refractivity contribution in [3.63, 3.8) is 0 Å². The minimum atomic E-state index is -0.922. The fourth-order valence-electron chi connectivity index (χ4n) is 3.16. The molecule has 10 nitrogen and oxygen atoms in total. The predicted octanol–water partition coefficient (Wildman–Crippen LogP) is 1.79. The maximum atomic E-state index is 12.2. The molecule has 0 atom stereocenters. The maximum Gasteiger partial charge on any atom is 0.329 e. The first kappa shape index (κ1) is 23.6. The molecule has 0 radical (unpaired) electrons. The van der Waals surface area contributed by atoms with Gasteiger partial charge in [0.2, 0.25) is 0 Å². The van der Waals surface area contributed by atoms with E-state index in [1.165, 1.54) is 20.4 Å². The summed E-state index contributed by atoms with van der Waals surface area (Å²) in [6.07, 6.45) is 3.39. The first-order chi connectivity index (χ1) is 16.0. The van der Waals surface area contributed by atoms with Crippen LogP contribution in [0.3, 0.4) is 0 Å². The van der Waals surface area contributed by atoms with Crippen molar-refractivity contribution in [1.82, 2.24) is 10.3 Å². The average Bonchev–Trinajstić information content (AvgIpc) is 3.38. The minimum Gasteiger partial charge on any atom is -0.497 e. The fourth-order valence-corrected chi connectivity index (χ4v) is 3.16. The highest BCUT2D eigenvalue weighted by Gasteiger charge is 2.19. The molecule has 1 saturated heterocycles. The number of amides is 3. The molecule has 1 heterocycles. The second-order valence-electron chi connectivity index (χ2n) is 7.17. The van der Waals surface area contributed by atoms with E-state index >= 15 is 0 Å². The number of anilines is 1. The Morgan fingerprint density at radius 3 is 2.36 bits per heavy atom. The largest absolute Gasteiger partial charge is 0.497 e. The SMILES string of the molecule is COc1ccc(NC(=O)C(=O)N/N=C\c2ccc(OCC(=O)N3CCCC3)c(OC)c2)cc1. The lowest BCUT2D eigenvalue weighted by Gasteiger charge is -2.16. The Bertz CT molecular complexity index is 1020. The van der Waals surface area contributed by atoms with Crippen molar-refractivity contribution < 1.29 is 28.6 Å². The summed E-state index contributed by atoms with van der Waals surface area (Å²) in [6.45, 7) is 1.46. The Morgan fingerprint density at radius 1 is 0.970 bits per heavy atom. The highest BCUT2D eigenvalue weighted by atomic mass is 16.5. The van der Waals surface area contributed by atoms with Gasteiger partial charge in [-0.3, -0.25) is 14.4 Å². The van der Waals surface area contributed by atoms with Gasteiger partial charge in [-0.1, -0.05) is 0 Å². The van der Waals surface area contributed by atoms with Gasteiger partial charge in [0.1, 0.15) is 5.75 Å². The van der Waals surface area contributed by atoms with Crippen LogP contribution in [0.25, 0.3) is 0 Å². The van der Waals surface area contributed by atoms with Crippen LogP contribution in [0.4, 0.5) is 5.69 Å². The normalized spacial score (nSPS) is 13.0. The molecule has 2 aromatic carbocycles. The van der Waals surface area contributed by atoms with Gasteiger partial charge < -0.3 is 24.4 Å². The third-order valence-corrected chi connectivity index (χ3v) is 4.93. The summed E-state index contributed by atoms with van der Waals surface area (Å²) in [5.41, 5.74) is 3.21. The lowest BCUT2D eigenvalue weighted by Crippen LogP contribution is -2.32. The summed E-state index contributed by atoms with van der Waals surface area (Å²) in [5.74, 6) is -0.375.